The van der Waals surface area contributed by atoms with Crippen molar-refractivity contribution in [3.63, 3.8) is 0 Å². The van der Waals surface area contributed by atoms with Gasteiger partial charge in [0.1, 0.15) is 0 Å². The molecule has 1 amide bonds. The maximum Gasteiger partial charge on any atom is 0.239 e. The lowest BCUT2D eigenvalue weighted by atomic mass is 10.1. The van der Waals surface area contributed by atoms with E-state index >= 15 is 0 Å². The molecule has 3 rings (SSSR count). The summed E-state index contributed by atoms with van der Waals surface area (Å²) in [7, 11) is 0. The van der Waals surface area contributed by atoms with Crippen molar-refractivity contribution >= 4 is 56.8 Å². The Morgan fingerprint density at radius 1 is 1.00 bits per heavy atom. The van der Waals surface area contributed by atoms with Crippen molar-refractivity contribution in [2.75, 3.05) is 36.8 Å². The molecule has 3 aromatic rings. The summed E-state index contributed by atoms with van der Waals surface area (Å²) in [5.41, 5.74) is 4.67. The van der Waals surface area contributed by atoms with E-state index in [4.69, 9.17) is 4.98 Å². The van der Waals surface area contributed by atoms with Crippen LogP contribution in [-0.2, 0) is 4.79 Å². The van der Waals surface area contributed by atoms with Crippen LogP contribution in [0.2, 0.25) is 0 Å². The predicted octanol–water partition coefficient (Wildman–Crippen LogP) is 6.11. The highest BCUT2D eigenvalue weighted by Crippen LogP contribution is 2.32. The van der Waals surface area contributed by atoms with Gasteiger partial charge in [-0.3, -0.25) is 9.69 Å². The topological polar surface area (TPSA) is 36.4 Å². The van der Waals surface area contributed by atoms with E-state index in [-0.39, 0.29) is 18.3 Å². The molecular formula is C24H32ClN3OS2. The number of rotatable bonds is 9. The zero-order valence-corrected chi connectivity index (χ0v) is 21.4. The Bertz CT molecular complexity index is 1000. The van der Waals surface area contributed by atoms with E-state index in [2.05, 4.69) is 75.9 Å². The van der Waals surface area contributed by atoms with E-state index in [0.29, 0.717) is 12.3 Å². The van der Waals surface area contributed by atoms with Crippen LogP contribution in [0.4, 0.5) is 5.13 Å². The number of amides is 1. The van der Waals surface area contributed by atoms with Crippen molar-refractivity contribution in [1.82, 2.24) is 9.88 Å². The van der Waals surface area contributed by atoms with Crippen LogP contribution < -0.4 is 4.90 Å². The Balaban J connectivity index is 0.00000341. The minimum atomic E-state index is 0. The number of fused-ring (bicyclic) bond motifs is 1. The number of benzene rings is 2. The molecule has 7 heteroatoms. The van der Waals surface area contributed by atoms with Crippen LogP contribution in [-0.4, -0.2) is 47.7 Å². The predicted molar refractivity (Wildman–Crippen MR) is 138 cm³/mol. The van der Waals surface area contributed by atoms with Gasteiger partial charge in [-0.25, -0.2) is 4.98 Å². The Hall–Kier alpha value is -1.60. The number of aromatic nitrogens is 1. The third-order valence-electron chi connectivity index (χ3n) is 5.52. The van der Waals surface area contributed by atoms with E-state index in [0.717, 1.165) is 39.9 Å². The number of aryl methyl sites for hydroxylation is 3. The van der Waals surface area contributed by atoms with Gasteiger partial charge in [0.05, 0.1) is 16.0 Å². The summed E-state index contributed by atoms with van der Waals surface area (Å²) in [6.07, 6.45) is 0. The summed E-state index contributed by atoms with van der Waals surface area (Å²) in [4.78, 5) is 23.5. The van der Waals surface area contributed by atoms with Crippen molar-refractivity contribution in [1.29, 1.82) is 0 Å². The number of halogens is 1. The SMILES string of the molecule is CCN(CC)CCN(C(=O)CSc1ccc(C)cc1)c1nc2c(C)c(C)ccc2s1.Cl. The van der Waals surface area contributed by atoms with Gasteiger partial charge in [0, 0.05) is 18.0 Å². The summed E-state index contributed by atoms with van der Waals surface area (Å²) in [6, 6.07) is 12.6. The van der Waals surface area contributed by atoms with E-state index in [9.17, 15) is 4.79 Å². The highest BCUT2D eigenvalue weighted by molar-refractivity contribution is 8.00. The van der Waals surface area contributed by atoms with Crippen LogP contribution in [0.15, 0.2) is 41.3 Å². The minimum Gasteiger partial charge on any atom is -0.302 e. The summed E-state index contributed by atoms with van der Waals surface area (Å²) in [5.74, 6) is 0.524. The molecule has 1 aromatic heterocycles. The number of hydrogen-bond acceptors (Lipinski definition) is 5. The zero-order chi connectivity index (χ0) is 21.7. The number of nitrogens with zero attached hydrogens (tertiary/aromatic N) is 3. The molecule has 0 bridgehead atoms. The smallest absolute Gasteiger partial charge is 0.239 e. The Labute approximate surface area is 200 Å². The van der Waals surface area contributed by atoms with E-state index < -0.39 is 0 Å². The summed E-state index contributed by atoms with van der Waals surface area (Å²) in [6.45, 7) is 14.1. The van der Waals surface area contributed by atoms with Gasteiger partial charge >= 0.3 is 0 Å². The lowest BCUT2D eigenvalue weighted by Crippen LogP contribution is -2.39. The fraction of sp³-hybridized carbons (Fsp3) is 0.417. The first kappa shape index (κ1) is 25.7. The van der Waals surface area contributed by atoms with Gasteiger partial charge in [-0.1, -0.05) is 48.9 Å². The molecule has 31 heavy (non-hydrogen) atoms. The van der Waals surface area contributed by atoms with Gasteiger partial charge in [0.2, 0.25) is 5.91 Å². The molecule has 168 valence electrons. The average molecular weight is 478 g/mol. The summed E-state index contributed by atoms with van der Waals surface area (Å²) >= 11 is 3.20. The molecule has 4 nitrogen and oxygen atoms in total. The molecule has 2 aromatic carbocycles. The standard InChI is InChI=1S/C24H31N3OS2.ClH/c1-6-26(7-2)14-15-27(22(28)16-29-20-11-8-17(3)9-12-20)24-25-23-19(5)18(4)10-13-21(23)30-24;/h8-13H,6-7,14-16H2,1-5H3;1H. The number of likely N-dealkylation sites (N-methyl/N-ethyl adjacent to an activating group) is 1. The van der Waals surface area contributed by atoms with Gasteiger partial charge in [-0.2, -0.15) is 0 Å². The summed E-state index contributed by atoms with van der Waals surface area (Å²) < 4.78 is 1.14. The first-order chi connectivity index (χ1) is 14.4. The Morgan fingerprint density at radius 3 is 2.32 bits per heavy atom. The molecule has 0 N–H and O–H groups in total. The third kappa shape index (κ3) is 6.45. The van der Waals surface area contributed by atoms with Crippen LogP contribution in [0.1, 0.15) is 30.5 Å². The molecule has 0 spiro atoms. The number of anilines is 1. The van der Waals surface area contributed by atoms with Crippen LogP contribution in [0.25, 0.3) is 10.2 Å². The monoisotopic (exact) mass is 477 g/mol. The second-order valence-electron chi connectivity index (χ2n) is 7.52. The normalized spacial score (nSPS) is 11.0. The fourth-order valence-electron chi connectivity index (χ4n) is 3.30. The van der Waals surface area contributed by atoms with Crippen LogP contribution in [0.5, 0.6) is 0 Å². The van der Waals surface area contributed by atoms with Crippen molar-refractivity contribution in [3.8, 4) is 0 Å². The van der Waals surface area contributed by atoms with Crippen LogP contribution >= 0.6 is 35.5 Å². The number of thiazole rings is 1. The second kappa shape index (κ2) is 11.9. The molecule has 1 heterocycles. The maximum absolute atomic E-state index is 13.3. The van der Waals surface area contributed by atoms with Gasteiger partial charge in [-0.15, -0.1) is 24.2 Å². The molecule has 0 aliphatic carbocycles. The van der Waals surface area contributed by atoms with Crippen molar-refractivity contribution in [3.05, 3.63) is 53.1 Å². The molecular weight excluding hydrogens is 446 g/mol. The Kier molecular flexibility index (Phi) is 9.82. The maximum atomic E-state index is 13.3. The van der Waals surface area contributed by atoms with Gasteiger partial charge in [-0.05, 0) is 63.2 Å². The van der Waals surface area contributed by atoms with Crippen LogP contribution in [0, 0.1) is 20.8 Å². The van der Waals surface area contributed by atoms with Crippen molar-refractivity contribution < 1.29 is 4.79 Å². The van der Waals surface area contributed by atoms with Gasteiger partial charge in [0.25, 0.3) is 0 Å². The minimum absolute atomic E-state index is 0. The van der Waals surface area contributed by atoms with Gasteiger partial charge in [0.15, 0.2) is 5.13 Å². The van der Waals surface area contributed by atoms with Gasteiger partial charge < -0.3 is 4.90 Å². The third-order valence-corrected chi connectivity index (χ3v) is 7.56. The fourth-order valence-corrected chi connectivity index (χ4v) is 5.14. The largest absolute Gasteiger partial charge is 0.302 e. The number of carbonyl (C=O) groups is 1. The van der Waals surface area contributed by atoms with Crippen LogP contribution in [0.3, 0.4) is 0 Å². The molecule has 0 aliphatic heterocycles. The molecule has 0 aliphatic rings. The molecule has 0 fully saturated rings. The lowest BCUT2D eigenvalue weighted by molar-refractivity contribution is -0.116. The number of thioether (sulfide) groups is 1. The second-order valence-corrected chi connectivity index (χ2v) is 9.58. The zero-order valence-electron chi connectivity index (χ0n) is 19.0. The van der Waals surface area contributed by atoms with E-state index in [1.54, 1.807) is 23.1 Å². The number of hydrogen-bond donors (Lipinski definition) is 0. The molecule has 0 atom stereocenters. The molecule has 0 unspecified atom stereocenters. The Morgan fingerprint density at radius 2 is 1.68 bits per heavy atom. The molecule has 0 saturated heterocycles. The average Bonchev–Trinajstić information content (AvgIpc) is 3.18. The van der Waals surface area contributed by atoms with Crippen molar-refractivity contribution in [2.24, 2.45) is 0 Å². The lowest BCUT2D eigenvalue weighted by Gasteiger charge is -2.24. The highest BCUT2D eigenvalue weighted by atomic mass is 35.5. The highest BCUT2D eigenvalue weighted by Gasteiger charge is 2.21. The molecule has 0 saturated carbocycles. The first-order valence-corrected chi connectivity index (χ1v) is 12.3. The molecule has 0 radical (unpaired) electrons. The van der Waals surface area contributed by atoms with E-state index in [1.165, 1.54) is 16.7 Å². The summed E-state index contributed by atoms with van der Waals surface area (Å²) in [5, 5.41) is 0.806. The first-order valence-electron chi connectivity index (χ1n) is 10.5. The van der Waals surface area contributed by atoms with Crippen molar-refractivity contribution in [2.45, 2.75) is 39.5 Å². The van der Waals surface area contributed by atoms with E-state index in [1.807, 2.05) is 4.90 Å². The quantitative estimate of drug-likeness (QED) is 0.348. The number of carbonyl (C=O) groups excluding carboxylic acids is 1.